The van der Waals surface area contributed by atoms with Crippen molar-refractivity contribution in [2.45, 2.75) is 25.0 Å². The van der Waals surface area contributed by atoms with E-state index < -0.39 is 0 Å². The zero-order chi connectivity index (χ0) is 14.9. The zero-order valence-corrected chi connectivity index (χ0v) is 12.3. The standard InChI is InChI=1S/C19H18N2O/c20-12-13-8-9-17-16(11-13)19-15(7-4-10-22-19)18(21-17)14-5-2-1-3-6-14/h1-3,5-6,8-9,11,15,18-19,21H,4,7,10H2. The van der Waals surface area contributed by atoms with Gasteiger partial charge in [0.25, 0.3) is 0 Å². The Morgan fingerprint density at radius 1 is 1.14 bits per heavy atom. The molecule has 3 atom stereocenters. The van der Waals surface area contributed by atoms with Crippen LogP contribution in [0.3, 0.4) is 0 Å². The molecule has 0 spiro atoms. The molecule has 0 bridgehead atoms. The fourth-order valence-corrected chi connectivity index (χ4v) is 3.73. The number of nitrogens with one attached hydrogen (secondary N) is 1. The van der Waals surface area contributed by atoms with Crippen molar-refractivity contribution in [2.24, 2.45) is 5.92 Å². The Kier molecular flexibility index (Phi) is 3.32. The van der Waals surface area contributed by atoms with Crippen LogP contribution in [0.5, 0.6) is 0 Å². The van der Waals surface area contributed by atoms with Gasteiger partial charge in [0.05, 0.1) is 23.8 Å². The fraction of sp³-hybridized carbons (Fsp3) is 0.316. The highest BCUT2D eigenvalue weighted by Crippen LogP contribution is 2.49. The van der Waals surface area contributed by atoms with Crippen LogP contribution < -0.4 is 5.32 Å². The van der Waals surface area contributed by atoms with Gasteiger partial charge in [0.2, 0.25) is 0 Å². The molecule has 1 saturated heterocycles. The smallest absolute Gasteiger partial charge is 0.0991 e. The Morgan fingerprint density at radius 3 is 2.82 bits per heavy atom. The van der Waals surface area contributed by atoms with Gasteiger partial charge in [0.1, 0.15) is 0 Å². The maximum absolute atomic E-state index is 9.15. The third-order valence-electron chi connectivity index (χ3n) is 4.75. The van der Waals surface area contributed by atoms with Gasteiger partial charge in [-0.25, -0.2) is 0 Å². The Bertz CT molecular complexity index is 720. The van der Waals surface area contributed by atoms with E-state index in [0.717, 1.165) is 30.7 Å². The highest BCUT2D eigenvalue weighted by atomic mass is 16.5. The molecule has 22 heavy (non-hydrogen) atoms. The lowest BCUT2D eigenvalue weighted by atomic mass is 9.77. The van der Waals surface area contributed by atoms with Crippen molar-refractivity contribution in [3.8, 4) is 6.07 Å². The highest BCUT2D eigenvalue weighted by molar-refractivity contribution is 5.59. The first-order valence-corrected chi connectivity index (χ1v) is 7.84. The quantitative estimate of drug-likeness (QED) is 0.856. The summed E-state index contributed by atoms with van der Waals surface area (Å²) in [5.41, 5.74) is 4.23. The lowest BCUT2D eigenvalue weighted by molar-refractivity contribution is -0.0381. The Hall–Kier alpha value is -2.31. The summed E-state index contributed by atoms with van der Waals surface area (Å²) in [7, 11) is 0. The molecule has 110 valence electrons. The van der Waals surface area contributed by atoms with Gasteiger partial charge in [-0.05, 0) is 36.6 Å². The number of nitrogens with zero attached hydrogens (tertiary/aromatic N) is 1. The zero-order valence-electron chi connectivity index (χ0n) is 12.3. The van der Waals surface area contributed by atoms with Crippen molar-refractivity contribution in [3.63, 3.8) is 0 Å². The molecule has 0 saturated carbocycles. The molecule has 0 amide bonds. The van der Waals surface area contributed by atoms with Gasteiger partial charge in [0, 0.05) is 23.8 Å². The molecule has 0 aliphatic carbocycles. The van der Waals surface area contributed by atoms with Crippen molar-refractivity contribution in [3.05, 3.63) is 65.2 Å². The van der Waals surface area contributed by atoms with Crippen LogP contribution in [0.25, 0.3) is 0 Å². The minimum absolute atomic E-state index is 0.0866. The molecule has 3 heteroatoms. The molecule has 0 radical (unpaired) electrons. The van der Waals surface area contributed by atoms with E-state index in [1.807, 2.05) is 24.3 Å². The maximum Gasteiger partial charge on any atom is 0.0991 e. The normalized spacial score (nSPS) is 26.2. The van der Waals surface area contributed by atoms with Gasteiger partial charge in [-0.2, -0.15) is 5.26 Å². The van der Waals surface area contributed by atoms with E-state index >= 15 is 0 Å². The average Bonchev–Trinajstić information content (AvgIpc) is 2.61. The van der Waals surface area contributed by atoms with Crippen LogP contribution in [-0.4, -0.2) is 6.61 Å². The molecule has 2 aromatic carbocycles. The van der Waals surface area contributed by atoms with E-state index in [1.54, 1.807) is 0 Å². The van der Waals surface area contributed by atoms with Crippen molar-refractivity contribution in [1.29, 1.82) is 5.26 Å². The summed E-state index contributed by atoms with van der Waals surface area (Å²) in [4.78, 5) is 0. The van der Waals surface area contributed by atoms with Crippen LogP contribution in [0.15, 0.2) is 48.5 Å². The van der Waals surface area contributed by atoms with Gasteiger partial charge in [-0.1, -0.05) is 30.3 Å². The molecule has 3 unspecified atom stereocenters. The second-order valence-electron chi connectivity index (χ2n) is 6.04. The summed E-state index contributed by atoms with van der Waals surface area (Å²) < 4.78 is 6.11. The Morgan fingerprint density at radius 2 is 2.00 bits per heavy atom. The third-order valence-corrected chi connectivity index (χ3v) is 4.75. The van der Waals surface area contributed by atoms with Crippen molar-refractivity contribution in [1.82, 2.24) is 0 Å². The number of hydrogen-bond donors (Lipinski definition) is 1. The van der Waals surface area contributed by atoms with Crippen LogP contribution in [0.4, 0.5) is 5.69 Å². The summed E-state index contributed by atoms with van der Waals surface area (Å²) in [6.45, 7) is 0.804. The maximum atomic E-state index is 9.15. The molecule has 2 aliphatic heterocycles. The first-order chi connectivity index (χ1) is 10.9. The number of hydrogen-bond acceptors (Lipinski definition) is 3. The minimum atomic E-state index is 0.0866. The van der Waals surface area contributed by atoms with Gasteiger partial charge in [-0.3, -0.25) is 0 Å². The predicted molar refractivity (Wildman–Crippen MR) is 85.4 cm³/mol. The lowest BCUT2D eigenvalue weighted by Gasteiger charge is -2.43. The number of fused-ring (bicyclic) bond motifs is 3. The topological polar surface area (TPSA) is 45.0 Å². The number of anilines is 1. The second kappa shape index (κ2) is 5.47. The number of ether oxygens (including phenoxy) is 1. The first-order valence-electron chi connectivity index (χ1n) is 7.84. The summed E-state index contributed by atoms with van der Waals surface area (Å²) in [6, 6.07) is 18.9. The minimum Gasteiger partial charge on any atom is -0.378 e. The van der Waals surface area contributed by atoms with E-state index in [0.29, 0.717) is 11.5 Å². The summed E-state index contributed by atoms with van der Waals surface area (Å²) in [6.07, 6.45) is 2.33. The fourth-order valence-electron chi connectivity index (χ4n) is 3.73. The van der Waals surface area contributed by atoms with Gasteiger partial charge >= 0.3 is 0 Å². The van der Waals surface area contributed by atoms with E-state index in [-0.39, 0.29) is 12.1 Å². The van der Waals surface area contributed by atoms with Crippen LogP contribution in [0.2, 0.25) is 0 Å². The molecule has 2 heterocycles. The predicted octanol–water partition coefficient (Wildman–Crippen LogP) is 4.19. The summed E-state index contributed by atoms with van der Waals surface area (Å²) in [5, 5.41) is 12.8. The van der Waals surface area contributed by atoms with Crippen molar-refractivity contribution < 1.29 is 4.74 Å². The number of benzene rings is 2. The highest BCUT2D eigenvalue weighted by Gasteiger charge is 2.39. The van der Waals surface area contributed by atoms with Crippen molar-refractivity contribution >= 4 is 5.69 Å². The monoisotopic (exact) mass is 290 g/mol. The van der Waals surface area contributed by atoms with E-state index in [2.05, 4.69) is 35.7 Å². The average molecular weight is 290 g/mol. The molecule has 4 rings (SSSR count). The molecule has 2 aliphatic rings. The molecular formula is C19H18N2O. The van der Waals surface area contributed by atoms with Crippen LogP contribution in [-0.2, 0) is 4.74 Å². The SMILES string of the molecule is N#Cc1ccc2c(c1)C1OCCCC1C(c1ccccc1)N2. The molecule has 0 aromatic heterocycles. The first kappa shape index (κ1) is 13.4. The number of rotatable bonds is 1. The van der Waals surface area contributed by atoms with E-state index in [9.17, 15) is 0 Å². The van der Waals surface area contributed by atoms with Gasteiger partial charge in [-0.15, -0.1) is 0 Å². The van der Waals surface area contributed by atoms with Crippen LogP contribution in [0.1, 0.15) is 41.7 Å². The summed E-state index contributed by atoms with van der Waals surface area (Å²) >= 11 is 0. The van der Waals surface area contributed by atoms with E-state index in [4.69, 9.17) is 10.00 Å². The largest absolute Gasteiger partial charge is 0.378 e. The van der Waals surface area contributed by atoms with Crippen LogP contribution in [0, 0.1) is 17.2 Å². The molecule has 1 N–H and O–H groups in total. The molecule has 2 aromatic rings. The third kappa shape index (κ3) is 2.17. The van der Waals surface area contributed by atoms with Gasteiger partial charge in [0.15, 0.2) is 0 Å². The molecule has 1 fully saturated rings. The van der Waals surface area contributed by atoms with Gasteiger partial charge < -0.3 is 10.1 Å². The van der Waals surface area contributed by atoms with E-state index in [1.165, 1.54) is 5.56 Å². The molecular weight excluding hydrogens is 272 g/mol. The lowest BCUT2D eigenvalue weighted by Crippen LogP contribution is -2.36. The number of nitriles is 1. The Balaban J connectivity index is 1.79. The van der Waals surface area contributed by atoms with Crippen molar-refractivity contribution in [2.75, 3.05) is 11.9 Å². The van der Waals surface area contributed by atoms with Crippen LogP contribution >= 0.6 is 0 Å². The Labute approximate surface area is 130 Å². The summed E-state index contributed by atoms with van der Waals surface area (Å²) in [5.74, 6) is 0.414. The second-order valence-corrected chi connectivity index (χ2v) is 6.04. The molecule has 3 nitrogen and oxygen atoms in total.